The second-order valence-electron chi connectivity index (χ2n) is 5.38. The molecule has 15 heavy (non-hydrogen) atoms. The number of nitrogens with zero attached hydrogens (tertiary/aromatic N) is 1. The predicted octanol–water partition coefficient (Wildman–Crippen LogP) is 1.22. The van der Waals surface area contributed by atoms with E-state index >= 15 is 0 Å². The predicted molar refractivity (Wildman–Crippen MR) is 61.8 cm³/mol. The van der Waals surface area contributed by atoms with Crippen molar-refractivity contribution in [1.29, 1.82) is 0 Å². The Balaban J connectivity index is 2.06. The van der Waals surface area contributed by atoms with Crippen molar-refractivity contribution in [1.82, 2.24) is 4.90 Å². The molecule has 1 aliphatic carbocycles. The van der Waals surface area contributed by atoms with Crippen LogP contribution < -0.4 is 5.73 Å². The maximum atomic E-state index is 5.98. The maximum absolute atomic E-state index is 5.98. The van der Waals surface area contributed by atoms with E-state index in [0.717, 1.165) is 25.5 Å². The lowest BCUT2D eigenvalue weighted by molar-refractivity contribution is 0.0260. The average molecular weight is 212 g/mol. The molecule has 88 valence electrons. The van der Waals surface area contributed by atoms with Crippen LogP contribution in [-0.4, -0.2) is 42.8 Å². The molecule has 2 rings (SSSR count). The van der Waals surface area contributed by atoms with Gasteiger partial charge >= 0.3 is 0 Å². The summed E-state index contributed by atoms with van der Waals surface area (Å²) in [5.74, 6) is 0.806. The van der Waals surface area contributed by atoms with E-state index in [4.69, 9.17) is 10.5 Å². The first-order chi connectivity index (χ1) is 7.09. The number of nitrogens with two attached hydrogens (primary N) is 1. The van der Waals surface area contributed by atoms with Gasteiger partial charge in [0.25, 0.3) is 0 Å². The molecule has 0 amide bonds. The van der Waals surface area contributed by atoms with E-state index in [2.05, 4.69) is 25.8 Å². The fraction of sp³-hybridized carbons (Fsp3) is 1.00. The maximum Gasteiger partial charge on any atom is 0.0703 e. The van der Waals surface area contributed by atoms with Crippen LogP contribution in [-0.2, 0) is 4.74 Å². The second kappa shape index (κ2) is 4.04. The molecular weight excluding hydrogens is 188 g/mol. The van der Waals surface area contributed by atoms with Gasteiger partial charge in [0.05, 0.1) is 6.10 Å². The van der Waals surface area contributed by atoms with Gasteiger partial charge in [-0.3, -0.25) is 4.90 Å². The van der Waals surface area contributed by atoms with E-state index in [-0.39, 0.29) is 5.54 Å². The normalized spacial score (nSPS) is 35.8. The monoisotopic (exact) mass is 212 g/mol. The van der Waals surface area contributed by atoms with Crippen molar-refractivity contribution in [3.8, 4) is 0 Å². The molecule has 2 aliphatic rings. The molecule has 0 spiro atoms. The molecule has 0 bridgehead atoms. The Kier molecular flexibility index (Phi) is 3.06. The second-order valence-corrected chi connectivity index (χ2v) is 5.38. The van der Waals surface area contributed by atoms with Crippen LogP contribution in [0.1, 0.15) is 33.1 Å². The molecule has 1 saturated carbocycles. The third kappa shape index (κ3) is 1.93. The van der Waals surface area contributed by atoms with Crippen molar-refractivity contribution < 1.29 is 4.74 Å². The van der Waals surface area contributed by atoms with Crippen molar-refractivity contribution >= 4 is 0 Å². The molecule has 1 aliphatic heterocycles. The first kappa shape index (κ1) is 11.4. The quantitative estimate of drug-likeness (QED) is 0.761. The highest BCUT2D eigenvalue weighted by Gasteiger charge is 2.47. The summed E-state index contributed by atoms with van der Waals surface area (Å²) in [5.41, 5.74) is 6.17. The van der Waals surface area contributed by atoms with Crippen LogP contribution in [0, 0.1) is 5.92 Å². The van der Waals surface area contributed by atoms with Gasteiger partial charge in [0.2, 0.25) is 0 Å². The highest BCUT2D eigenvalue weighted by Crippen LogP contribution is 2.43. The minimum absolute atomic E-state index is 0.187. The summed E-state index contributed by atoms with van der Waals surface area (Å²) < 4.78 is 5.64. The van der Waals surface area contributed by atoms with Crippen molar-refractivity contribution in [2.24, 2.45) is 11.7 Å². The van der Waals surface area contributed by atoms with Gasteiger partial charge < -0.3 is 10.5 Å². The Morgan fingerprint density at radius 1 is 1.40 bits per heavy atom. The van der Waals surface area contributed by atoms with Crippen molar-refractivity contribution in [3.63, 3.8) is 0 Å². The molecule has 1 heterocycles. The zero-order valence-corrected chi connectivity index (χ0v) is 10.2. The SMILES string of the molecule is CC1OCCC1N(C)C(C)(CN)C1CC1. The molecule has 3 atom stereocenters. The van der Waals surface area contributed by atoms with Gasteiger partial charge in [-0.05, 0) is 46.1 Å². The molecule has 0 aromatic rings. The number of hydrogen-bond acceptors (Lipinski definition) is 3. The van der Waals surface area contributed by atoms with Crippen LogP contribution in [0.5, 0.6) is 0 Å². The fourth-order valence-corrected chi connectivity index (χ4v) is 2.91. The van der Waals surface area contributed by atoms with Crippen LogP contribution in [0.3, 0.4) is 0 Å². The zero-order valence-electron chi connectivity index (χ0n) is 10.2. The van der Waals surface area contributed by atoms with Crippen LogP contribution in [0.15, 0.2) is 0 Å². The fourth-order valence-electron chi connectivity index (χ4n) is 2.91. The molecule has 0 radical (unpaired) electrons. The molecule has 0 aromatic carbocycles. The van der Waals surface area contributed by atoms with E-state index in [0.29, 0.717) is 12.1 Å². The van der Waals surface area contributed by atoms with E-state index < -0.39 is 0 Å². The third-order valence-corrected chi connectivity index (χ3v) is 4.51. The Hall–Kier alpha value is -0.120. The van der Waals surface area contributed by atoms with Gasteiger partial charge in [0, 0.05) is 24.7 Å². The lowest BCUT2D eigenvalue weighted by Crippen LogP contribution is -2.57. The molecule has 2 N–H and O–H groups in total. The van der Waals surface area contributed by atoms with Crippen molar-refractivity contribution in [2.45, 2.75) is 50.8 Å². The third-order valence-electron chi connectivity index (χ3n) is 4.51. The van der Waals surface area contributed by atoms with E-state index in [1.807, 2.05) is 0 Å². The van der Waals surface area contributed by atoms with Gasteiger partial charge in [-0.15, -0.1) is 0 Å². The Bertz CT molecular complexity index is 230. The van der Waals surface area contributed by atoms with Gasteiger partial charge in [-0.1, -0.05) is 0 Å². The summed E-state index contributed by atoms with van der Waals surface area (Å²) in [4.78, 5) is 2.49. The first-order valence-electron chi connectivity index (χ1n) is 6.14. The Morgan fingerprint density at radius 3 is 2.47 bits per heavy atom. The van der Waals surface area contributed by atoms with Crippen molar-refractivity contribution in [2.75, 3.05) is 20.2 Å². The smallest absolute Gasteiger partial charge is 0.0703 e. The number of ether oxygens (including phenoxy) is 1. The van der Waals surface area contributed by atoms with Gasteiger partial charge in [0.15, 0.2) is 0 Å². The van der Waals surface area contributed by atoms with E-state index in [9.17, 15) is 0 Å². The van der Waals surface area contributed by atoms with Crippen LogP contribution in [0.4, 0.5) is 0 Å². The Labute approximate surface area is 93.0 Å². The molecule has 3 heteroatoms. The molecule has 1 saturated heterocycles. The zero-order chi connectivity index (χ0) is 11.1. The summed E-state index contributed by atoms with van der Waals surface area (Å²) in [7, 11) is 2.22. The van der Waals surface area contributed by atoms with Gasteiger partial charge in [0.1, 0.15) is 0 Å². The minimum atomic E-state index is 0.187. The van der Waals surface area contributed by atoms with E-state index in [1.54, 1.807) is 0 Å². The van der Waals surface area contributed by atoms with Crippen LogP contribution in [0.2, 0.25) is 0 Å². The summed E-state index contributed by atoms with van der Waals surface area (Å²) in [6.45, 7) is 6.16. The minimum Gasteiger partial charge on any atom is -0.377 e. The average Bonchev–Trinajstić information content (AvgIpc) is 3.00. The topological polar surface area (TPSA) is 38.5 Å². The van der Waals surface area contributed by atoms with Gasteiger partial charge in [-0.2, -0.15) is 0 Å². The van der Waals surface area contributed by atoms with E-state index in [1.165, 1.54) is 12.8 Å². The lowest BCUT2D eigenvalue weighted by atomic mass is 9.91. The van der Waals surface area contributed by atoms with Crippen LogP contribution in [0.25, 0.3) is 0 Å². The molecular formula is C12H24N2O. The number of hydrogen-bond donors (Lipinski definition) is 1. The van der Waals surface area contributed by atoms with Crippen LogP contribution >= 0.6 is 0 Å². The Morgan fingerprint density at radius 2 is 2.07 bits per heavy atom. The largest absolute Gasteiger partial charge is 0.377 e. The van der Waals surface area contributed by atoms with Crippen molar-refractivity contribution in [3.05, 3.63) is 0 Å². The molecule has 0 aromatic heterocycles. The van der Waals surface area contributed by atoms with Gasteiger partial charge in [-0.25, -0.2) is 0 Å². The summed E-state index contributed by atoms with van der Waals surface area (Å²) in [5, 5.41) is 0. The lowest BCUT2D eigenvalue weighted by Gasteiger charge is -2.43. The molecule has 3 unspecified atom stereocenters. The summed E-state index contributed by atoms with van der Waals surface area (Å²) in [6, 6.07) is 0.555. The first-order valence-corrected chi connectivity index (χ1v) is 6.14. The molecule has 2 fully saturated rings. The number of rotatable bonds is 4. The summed E-state index contributed by atoms with van der Waals surface area (Å²) in [6.07, 6.45) is 4.21. The highest BCUT2D eigenvalue weighted by molar-refractivity contribution is 5.02. The highest BCUT2D eigenvalue weighted by atomic mass is 16.5. The standard InChI is InChI=1S/C12H24N2O/c1-9-11(6-7-15-9)14(3)12(2,8-13)10-4-5-10/h9-11H,4-8,13H2,1-3H3. The number of likely N-dealkylation sites (N-methyl/N-ethyl adjacent to an activating group) is 1. The molecule has 3 nitrogen and oxygen atoms in total. The summed E-state index contributed by atoms with van der Waals surface area (Å²) >= 11 is 0.